The van der Waals surface area contributed by atoms with Gasteiger partial charge >= 0.3 is 12.1 Å². The first-order valence-electron chi connectivity index (χ1n) is 4.43. The van der Waals surface area contributed by atoms with Crippen molar-refractivity contribution in [3.05, 3.63) is 22.4 Å². The minimum Gasteiger partial charge on any atom is -0.459 e. The standard InChI is InChI=1S/C9H10F3NO2S/c10-9(11,12)6-13-4-8(14)15-5-7-2-1-3-16-7/h1-3,13H,4-6H2. The Bertz CT molecular complexity index is 324. The van der Waals surface area contributed by atoms with Crippen LogP contribution in [0.25, 0.3) is 0 Å². The minimum atomic E-state index is -4.31. The van der Waals surface area contributed by atoms with E-state index in [0.717, 1.165) is 4.88 Å². The third kappa shape index (κ3) is 5.72. The summed E-state index contributed by atoms with van der Waals surface area (Å²) in [4.78, 5) is 11.8. The van der Waals surface area contributed by atoms with Crippen LogP contribution < -0.4 is 5.32 Å². The topological polar surface area (TPSA) is 38.3 Å². The zero-order chi connectivity index (χ0) is 12.0. The number of nitrogens with one attached hydrogen (secondary N) is 1. The lowest BCUT2D eigenvalue weighted by atomic mass is 10.5. The molecule has 0 fully saturated rings. The van der Waals surface area contributed by atoms with Crippen LogP contribution in [0, 0.1) is 0 Å². The number of thiophene rings is 1. The van der Waals surface area contributed by atoms with Gasteiger partial charge in [-0.25, -0.2) is 0 Å². The van der Waals surface area contributed by atoms with Crippen molar-refractivity contribution in [3.63, 3.8) is 0 Å². The van der Waals surface area contributed by atoms with E-state index in [2.05, 4.69) is 0 Å². The van der Waals surface area contributed by atoms with E-state index in [1.165, 1.54) is 11.3 Å². The van der Waals surface area contributed by atoms with Crippen molar-refractivity contribution in [1.29, 1.82) is 0 Å². The molecule has 0 aliphatic carbocycles. The summed E-state index contributed by atoms with van der Waals surface area (Å²) in [6.07, 6.45) is -4.31. The highest BCUT2D eigenvalue weighted by molar-refractivity contribution is 7.09. The molecule has 0 bridgehead atoms. The molecule has 1 N–H and O–H groups in total. The van der Waals surface area contributed by atoms with E-state index in [-0.39, 0.29) is 6.61 Å². The van der Waals surface area contributed by atoms with Crippen LogP contribution in [0.4, 0.5) is 13.2 Å². The maximum absolute atomic E-state index is 11.7. The summed E-state index contributed by atoms with van der Waals surface area (Å²) in [5, 5.41) is 3.78. The Kier molecular flexibility index (Phi) is 4.75. The Labute approximate surface area is 94.2 Å². The Morgan fingerprint density at radius 2 is 2.25 bits per heavy atom. The molecule has 0 saturated heterocycles. The molecule has 0 aromatic carbocycles. The molecule has 0 amide bonds. The first-order valence-corrected chi connectivity index (χ1v) is 5.31. The molecule has 0 aliphatic rings. The molecule has 0 spiro atoms. The number of rotatable bonds is 5. The van der Waals surface area contributed by atoms with E-state index in [0.29, 0.717) is 0 Å². The Morgan fingerprint density at radius 3 is 2.81 bits per heavy atom. The summed E-state index contributed by atoms with van der Waals surface area (Å²) < 4.78 is 39.8. The monoisotopic (exact) mass is 253 g/mol. The molecule has 1 heterocycles. The second-order valence-electron chi connectivity index (χ2n) is 2.96. The normalized spacial score (nSPS) is 11.4. The molecule has 0 atom stereocenters. The van der Waals surface area contributed by atoms with Crippen molar-refractivity contribution in [1.82, 2.24) is 5.32 Å². The molecular weight excluding hydrogens is 243 g/mol. The van der Waals surface area contributed by atoms with E-state index < -0.39 is 25.2 Å². The van der Waals surface area contributed by atoms with Gasteiger partial charge in [0.2, 0.25) is 0 Å². The van der Waals surface area contributed by atoms with Crippen molar-refractivity contribution in [2.45, 2.75) is 12.8 Å². The number of hydrogen-bond acceptors (Lipinski definition) is 4. The van der Waals surface area contributed by atoms with Crippen molar-refractivity contribution in [3.8, 4) is 0 Å². The molecule has 7 heteroatoms. The lowest BCUT2D eigenvalue weighted by Crippen LogP contribution is -2.33. The molecule has 1 rings (SSSR count). The van der Waals surface area contributed by atoms with Crippen molar-refractivity contribution < 1.29 is 22.7 Å². The third-order valence-electron chi connectivity index (χ3n) is 1.55. The highest BCUT2D eigenvalue weighted by Gasteiger charge is 2.26. The summed E-state index contributed by atoms with van der Waals surface area (Å²) in [5.74, 6) is -0.697. The molecule has 16 heavy (non-hydrogen) atoms. The molecule has 90 valence electrons. The number of esters is 1. The van der Waals surface area contributed by atoms with Crippen molar-refractivity contribution in [2.24, 2.45) is 0 Å². The minimum absolute atomic E-state index is 0.101. The number of hydrogen-bond donors (Lipinski definition) is 1. The van der Waals surface area contributed by atoms with Gasteiger partial charge in [-0.05, 0) is 11.4 Å². The molecule has 3 nitrogen and oxygen atoms in total. The van der Waals surface area contributed by atoms with Gasteiger partial charge in [-0.2, -0.15) is 13.2 Å². The summed E-state index contributed by atoms with van der Waals surface area (Å²) in [5.41, 5.74) is 0. The third-order valence-corrected chi connectivity index (χ3v) is 2.40. The van der Waals surface area contributed by atoms with Gasteiger partial charge in [-0.1, -0.05) is 6.07 Å². The van der Waals surface area contributed by atoms with Crippen LogP contribution in [0.5, 0.6) is 0 Å². The zero-order valence-electron chi connectivity index (χ0n) is 8.21. The van der Waals surface area contributed by atoms with Gasteiger partial charge in [0, 0.05) is 4.88 Å². The second-order valence-corrected chi connectivity index (χ2v) is 3.99. The summed E-state index contributed by atoms with van der Waals surface area (Å²) >= 11 is 1.42. The smallest absolute Gasteiger partial charge is 0.401 e. The molecule has 1 aromatic rings. The lowest BCUT2D eigenvalue weighted by molar-refractivity contribution is -0.145. The molecule has 0 saturated carbocycles. The number of carbonyl (C=O) groups is 1. The first kappa shape index (κ1) is 13.0. The van der Waals surface area contributed by atoms with Gasteiger partial charge in [-0.15, -0.1) is 11.3 Å². The van der Waals surface area contributed by atoms with Crippen LogP contribution in [-0.4, -0.2) is 25.2 Å². The van der Waals surface area contributed by atoms with Gasteiger partial charge in [0.1, 0.15) is 6.61 Å². The largest absolute Gasteiger partial charge is 0.459 e. The molecular formula is C9H10F3NO2S. The number of carbonyl (C=O) groups excluding carboxylic acids is 1. The molecule has 0 radical (unpaired) electrons. The number of halogens is 3. The van der Waals surface area contributed by atoms with Crippen molar-refractivity contribution >= 4 is 17.3 Å². The lowest BCUT2D eigenvalue weighted by Gasteiger charge is -2.07. The number of ether oxygens (including phenoxy) is 1. The predicted octanol–water partition coefficient (Wildman–Crippen LogP) is 1.94. The quantitative estimate of drug-likeness (QED) is 0.815. The van der Waals surface area contributed by atoms with E-state index in [4.69, 9.17) is 4.74 Å². The summed E-state index contributed by atoms with van der Waals surface area (Å²) in [6, 6.07) is 3.58. The van der Waals surface area contributed by atoms with E-state index in [9.17, 15) is 18.0 Å². The van der Waals surface area contributed by atoms with Crippen molar-refractivity contribution in [2.75, 3.05) is 13.1 Å². The zero-order valence-corrected chi connectivity index (χ0v) is 9.03. The van der Waals surface area contributed by atoms with Gasteiger partial charge in [0.05, 0.1) is 13.1 Å². The fourth-order valence-corrected chi connectivity index (χ4v) is 1.52. The SMILES string of the molecule is O=C(CNCC(F)(F)F)OCc1cccs1. The van der Waals surface area contributed by atoms with Crippen LogP contribution in [0.3, 0.4) is 0 Å². The highest BCUT2D eigenvalue weighted by atomic mass is 32.1. The molecule has 0 unspecified atom stereocenters. The van der Waals surface area contributed by atoms with E-state index >= 15 is 0 Å². The Hall–Kier alpha value is -1.08. The van der Waals surface area contributed by atoms with Gasteiger partial charge in [-0.3, -0.25) is 10.1 Å². The predicted molar refractivity (Wildman–Crippen MR) is 53.0 cm³/mol. The fourth-order valence-electron chi connectivity index (χ4n) is 0.904. The molecule has 1 aromatic heterocycles. The van der Waals surface area contributed by atoms with Crippen LogP contribution in [0.2, 0.25) is 0 Å². The molecule has 0 aliphatic heterocycles. The maximum Gasteiger partial charge on any atom is 0.401 e. The average molecular weight is 253 g/mol. The fraction of sp³-hybridized carbons (Fsp3) is 0.444. The van der Waals surface area contributed by atoms with Crippen LogP contribution >= 0.6 is 11.3 Å². The average Bonchev–Trinajstić information content (AvgIpc) is 2.65. The van der Waals surface area contributed by atoms with Gasteiger partial charge < -0.3 is 4.74 Å². The van der Waals surface area contributed by atoms with Gasteiger partial charge in [0.25, 0.3) is 0 Å². The van der Waals surface area contributed by atoms with Crippen LogP contribution in [0.15, 0.2) is 17.5 Å². The maximum atomic E-state index is 11.7. The van der Waals surface area contributed by atoms with E-state index in [1.54, 1.807) is 12.1 Å². The second kappa shape index (κ2) is 5.86. The summed E-state index contributed by atoms with van der Waals surface area (Å²) in [7, 11) is 0. The Morgan fingerprint density at radius 1 is 1.50 bits per heavy atom. The first-order chi connectivity index (χ1) is 7.47. The van der Waals surface area contributed by atoms with Crippen LogP contribution in [0.1, 0.15) is 4.88 Å². The summed E-state index contributed by atoms with van der Waals surface area (Å²) in [6.45, 7) is -1.53. The highest BCUT2D eigenvalue weighted by Crippen LogP contribution is 2.12. The van der Waals surface area contributed by atoms with Crippen LogP contribution in [-0.2, 0) is 16.1 Å². The van der Waals surface area contributed by atoms with Gasteiger partial charge in [0.15, 0.2) is 0 Å². The van der Waals surface area contributed by atoms with E-state index in [1.807, 2.05) is 10.7 Å². The Balaban J connectivity index is 2.12. The number of alkyl halides is 3.